The number of hydrogen-bond donors (Lipinski definition) is 1. The number of sulfonamides is 1. The Labute approximate surface area is 206 Å². The zero-order valence-corrected chi connectivity index (χ0v) is 21.0. The molecule has 8 nitrogen and oxygen atoms in total. The lowest BCUT2D eigenvalue weighted by molar-refractivity contribution is 0.0117. The maximum Gasteiger partial charge on any atom is 0.264 e. The van der Waals surface area contributed by atoms with Crippen LogP contribution in [0.25, 0.3) is 0 Å². The highest BCUT2D eigenvalue weighted by Crippen LogP contribution is 2.25. The molecule has 1 fully saturated rings. The van der Waals surface area contributed by atoms with Gasteiger partial charge in [0.15, 0.2) is 0 Å². The molecular weight excluding hydrogens is 466 g/mol. The molecule has 0 bridgehead atoms. The molecule has 1 aromatic heterocycles. The van der Waals surface area contributed by atoms with Crippen molar-refractivity contribution in [3.05, 3.63) is 83.3 Å². The van der Waals surface area contributed by atoms with E-state index in [0.717, 1.165) is 30.2 Å². The number of benzene rings is 2. The lowest BCUT2D eigenvalue weighted by atomic mass is 10.1. The van der Waals surface area contributed by atoms with E-state index < -0.39 is 10.0 Å². The minimum Gasteiger partial charge on any atom is -0.465 e. The second kappa shape index (κ2) is 10.6. The summed E-state index contributed by atoms with van der Waals surface area (Å²) in [4.78, 5) is 15.3. The highest BCUT2D eigenvalue weighted by Gasteiger charge is 2.26. The summed E-state index contributed by atoms with van der Waals surface area (Å²) in [5, 5.41) is 3.00. The van der Waals surface area contributed by atoms with Gasteiger partial charge >= 0.3 is 0 Å². The fourth-order valence-corrected chi connectivity index (χ4v) is 5.25. The first kappa shape index (κ1) is 25.0. The van der Waals surface area contributed by atoms with E-state index in [2.05, 4.69) is 10.2 Å². The molecule has 0 radical (unpaired) electrons. The Bertz CT molecular complexity index is 1250. The van der Waals surface area contributed by atoms with Gasteiger partial charge in [-0.2, -0.15) is 0 Å². The molecule has 1 atom stereocenters. The number of nitrogens with one attached hydrogen (secondary N) is 1. The molecule has 1 amide bonds. The summed E-state index contributed by atoms with van der Waals surface area (Å²) in [6.45, 7) is 7.00. The first-order valence-corrected chi connectivity index (χ1v) is 13.0. The fourth-order valence-electron chi connectivity index (χ4n) is 4.05. The number of amides is 1. The number of hydrogen-bond acceptors (Lipinski definition) is 6. The molecule has 35 heavy (non-hydrogen) atoms. The van der Waals surface area contributed by atoms with Crippen molar-refractivity contribution in [2.75, 3.05) is 44.2 Å². The van der Waals surface area contributed by atoms with Gasteiger partial charge in [0.05, 0.1) is 29.8 Å². The number of aryl methyl sites for hydroxylation is 2. The number of morpholine rings is 1. The monoisotopic (exact) mass is 497 g/mol. The molecule has 4 rings (SSSR count). The van der Waals surface area contributed by atoms with Crippen LogP contribution in [-0.4, -0.2) is 59.1 Å². The van der Waals surface area contributed by atoms with Crippen molar-refractivity contribution >= 4 is 21.6 Å². The van der Waals surface area contributed by atoms with E-state index in [0.29, 0.717) is 31.0 Å². The van der Waals surface area contributed by atoms with Crippen LogP contribution in [0.2, 0.25) is 0 Å². The van der Waals surface area contributed by atoms with Crippen molar-refractivity contribution in [2.45, 2.75) is 24.8 Å². The third-order valence-corrected chi connectivity index (χ3v) is 8.00. The minimum absolute atomic E-state index is 0.0957. The van der Waals surface area contributed by atoms with Gasteiger partial charge in [0, 0.05) is 32.2 Å². The number of furan rings is 1. The quantitative estimate of drug-likeness (QED) is 0.512. The number of rotatable bonds is 8. The summed E-state index contributed by atoms with van der Waals surface area (Å²) in [6.07, 6.45) is 0. The third kappa shape index (κ3) is 5.75. The molecule has 0 unspecified atom stereocenters. The van der Waals surface area contributed by atoms with Gasteiger partial charge in [-0.15, -0.1) is 0 Å². The molecule has 0 spiro atoms. The maximum atomic E-state index is 13.0. The van der Waals surface area contributed by atoms with Gasteiger partial charge < -0.3 is 14.5 Å². The van der Waals surface area contributed by atoms with E-state index in [9.17, 15) is 13.2 Å². The summed E-state index contributed by atoms with van der Waals surface area (Å²) < 4.78 is 38.4. The van der Waals surface area contributed by atoms with Crippen molar-refractivity contribution in [2.24, 2.45) is 0 Å². The van der Waals surface area contributed by atoms with Crippen LogP contribution in [0.3, 0.4) is 0 Å². The van der Waals surface area contributed by atoms with Gasteiger partial charge in [-0.25, -0.2) is 8.42 Å². The van der Waals surface area contributed by atoms with Crippen LogP contribution < -0.4 is 9.62 Å². The summed E-state index contributed by atoms with van der Waals surface area (Å²) in [6, 6.07) is 17.0. The number of carbonyl (C=O) groups is 1. The van der Waals surface area contributed by atoms with E-state index in [4.69, 9.17) is 9.15 Å². The Balaban J connectivity index is 1.43. The van der Waals surface area contributed by atoms with Crippen molar-refractivity contribution < 1.29 is 22.4 Å². The Morgan fingerprint density at radius 2 is 1.66 bits per heavy atom. The Morgan fingerprint density at radius 1 is 1.00 bits per heavy atom. The van der Waals surface area contributed by atoms with Gasteiger partial charge in [-0.3, -0.25) is 14.0 Å². The van der Waals surface area contributed by atoms with Gasteiger partial charge in [0.2, 0.25) is 0 Å². The normalized spacial score (nSPS) is 15.5. The van der Waals surface area contributed by atoms with E-state index in [-0.39, 0.29) is 16.8 Å². The SMILES string of the molecule is Cc1ccc(S(=O)(=O)N(C)c2ccc(C(=O)NC[C@@H](c3ccc(C)o3)N3CCOCC3)cc2)cc1. The molecule has 1 saturated heterocycles. The van der Waals surface area contributed by atoms with Crippen LogP contribution in [-0.2, 0) is 14.8 Å². The summed E-state index contributed by atoms with van der Waals surface area (Å²) >= 11 is 0. The van der Waals surface area contributed by atoms with E-state index in [1.54, 1.807) is 48.5 Å². The molecule has 1 aliphatic rings. The van der Waals surface area contributed by atoms with E-state index in [1.165, 1.54) is 11.4 Å². The lowest BCUT2D eigenvalue weighted by Gasteiger charge is -2.33. The zero-order chi connectivity index (χ0) is 25.0. The maximum absolute atomic E-state index is 13.0. The van der Waals surface area contributed by atoms with Crippen LogP contribution in [0.4, 0.5) is 5.69 Å². The smallest absolute Gasteiger partial charge is 0.264 e. The number of ether oxygens (including phenoxy) is 1. The average Bonchev–Trinajstić information content (AvgIpc) is 3.30. The Kier molecular flexibility index (Phi) is 7.59. The summed E-state index contributed by atoms with van der Waals surface area (Å²) in [5.74, 6) is 1.40. The van der Waals surface area contributed by atoms with Crippen LogP contribution in [0.1, 0.15) is 33.5 Å². The van der Waals surface area contributed by atoms with Crippen molar-refractivity contribution in [1.82, 2.24) is 10.2 Å². The number of nitrogens with zero attached hydrogens (tertiary/aromatic N) is 2. The molecule has 3 aromatic rings. The summed E-state index contributed by atoms with van der Waals surface area (Å²) in [7, 11) is -2.20. The predicted octanol–water partition coefficient (Wildman–Crippen LogP) is 3.52. The average molecular weight is 498 g/mol. The molecule has 0 saturated carbocycles. The van der Waals surface area contributed by atoms with Crippen molar-refractivity contribution in [3.8, 4) is 0 Å². The molecule has 9 heteroatoms. The molecule has 1 N–H and O–H groups in total. The third-order valence-electron chi connectivity index (χ3n) is 6.20. The van der Waals surface area contributed by atoms with Crippen LogP contribution in [0, 0.1) is 13.8 Å². The molecular formula is C26H31N3O5S. The topological polar surface area (TPSA) is 92.1 Å². The zero-order valence-electron chi connectivity index (χ0n) is 20.2. The lowest BCUT2D eigenvalue weighted by Crippen LogP contribution is -2.43. The predicted molar refractivity (Wildman–Crippen MR) is 134 cm³/mol. The Hall–Kier alpha value is -3.14. The van der Waals surface area contributed by atoms with Crippen molar-refractivity contribution in [1.29, 1.82) is 0 Å². The highest BCUT2D eigenvalue weighted by atomic mass is 32.2. The van der Waals surface area contributed by atoms with Gasteiger partial charge in [0.1, 0.15) is 11.5 Å². The van der Waals surface area contributed by atoms with Crippen molar-refractivity contribution in [3.63, 3.8) is 0 Å². The first-order valence-electron chi connectivity index (χ1n) is 11.6. The molecule has 0 aliphatic carbocycles. The molecule has 2 heterocycles. The largest absolute Gasteiger partial charge is 0.465 e. The molecule has 186 valence electrons. The first-order chi connectivity index (χ1) is 16.8. The second-order valence-corrected chi connectivity index (χ2v) is 10.6. The standard InChI is InChI=1S/C26H31N3O5S/c1-19-4-11-23(12-5-19)35(31,32)28(3)22-9-7-21(8-10-22)26(30)27-18-24(25-13-6-20(2)34-25)29-14-16-33-17-15-29/h4-13,24H,14-18H2,1-3H3,(H,27,30)/t24-/m0/s1. The second-order valence-electron chi connectivity index (χ2n) is 8.66. The minimum atomic E-state index is -3.70. The van der Waals surface area contributed by atoms with Gasteiger partial charge in [-0.05, 0) is 62.4 Å². The number of anilines is 1. The van der Waals surface area contributed by atoms with Gasteiger partial charge in [-0.1, -0.05) is 17.7 Å². The summed E-state index contributed by atoms with van der Waals surface area (Å²) in [5.41, 5.74) is 1.91. The van der Waals surface area contributed by atoms with Crippen LogP contribution in [0.15, 0.2) is 70.0 Å². The van der Waals surface area contributed by atoms with Gasteiger partial charge in [0.25, 0.3) is 15.9 Å². The van der Waals surface area contributed by atoms with Crippen LogP contribution >= 0.6 is 0 Å². The van der Waals surface area contributed by atoms with Crippen LogP contribution in [0.5, 0.6) is 0 Å². The molecule has 1 aliphatic heterocycles. The van der Waals surface area contributed by atoms with E-state index >= 15 is 0 Å². The fraction of sp³-hybridized carbons (Fsp3) is 0.346. The van der Waals surface area contributed by atoms with E-state index in [1.807, 2.05) is 26.0 Å². The number of carbonyl (C=O) groups excluding carboxylic acids is 1. The highest BCUT2D eigenvalue weighted by molar-refractivity contribution is 7.92. The Morgan fingerprint density at radius 3 is 2.26 bits per heavy atom. The molecule has 2 aromatic carbocycles.